The summed E-state index contributed by atoms with van der Waals surface area (Å²) in [5.74, 6) is -1.71. The summed E-state index contributed by atoms with van der Waals surface area (Å²) < 4.78 is 54.8. The van der Waals surface area contributed by atoms with Crippen molar-refractivity contribution in [3.05, 3.63) is 35.1 Å². The summed E-state index contributed by atoms with van der Waals surface area (Å²) in [6, 6.07) is 2.79. The van der Waals surface area contributed by atoms with Gasteiger partial charge in [-0.2, -0.15) is 13.2 Å². The van der Waals surface area contributed by atoms with E-state index >= 15 is 0 Å². The minimum absolute atomic E-state index is 0.111. The van der Waals surface area contributed by atoms with Crippen LogP contribution in [-0.2, 0) is 22.3 Å². The molecule has 1 N–H and O–H groups in total. The van der Waals surface area contributed by atoms with E-state index in [-0.39, 0.29) is 19.5 Å². The molecule has 1 aromatic carbocycles. The first-order valence-electron chi connectivity index (χ1n) is 5.47. The third kappa shape index (κ3) is 4.86. The van der Waals surface area contributed by atoms with Gasteiger partial charge in [-0.1, -0.05) is 6.07 Å². The van der Waals surface area contributed by atoms with Crippen molar-refractivity contribution < 1.29 is 27.1 Å². The number of nitrogens with one attached hydrogen (secondary N) is 1. The number of carbonyl (C=O) groups is 1. The zero-order chi connectivity index (χ0) is 14.5. The molecule has 0 saturated heterocycles. The van der Waals surface area contributed by atoms with Gasteiger partial charge in [0.05, 0.1) is 19.1 Å². The van der Waals surface area contributed by atoms with Gasteiger partial charge in [-0.25, -0.2) is 4.39 Å². The molecule has 0 atom stereocenters. The zero-order valence-electron chi connectivity index (χ0n) is 10.2. The van der Waals surface area contributed by atoms with Crippen molar-refractivity contribution >= 4 is 5.97 Å². The van der Waals surface area contributed by atoms with Crippen LogP contribution >= 0.6 is 0 Å². The van der Waals surface area contributed by atoms with Crippen molar-refractivity contribution in [2.75, 3.05) is 13.7 Å². The second-order valence-electron chi connectivity index (χ2n) is 3.81. The highest BCUT2D eigenvalue weighted by Crippen LogP contribution is 2.31. The van der Waals surface area contributed by atoms with E-state index in [0.29, 0.717) is 5.56 Å². The van der Waals surface area contributed by atoms with Crippen LogP contribution in [0.5, 0.6) is 0 Å². The molecule has 0 heterocycles. The lowest BCUT2D eigenvalue weighted by molar-refractivity contribution is -0.141. The Labute approximate surface area is 107 Å². The number of rotatable bonds is 5. The molecule has 0 fully saturated rings. The molecule has 0 bridgehead atoms. The first-order chi connectivity index (χ1) is 8.84. The standard InChI is InChI=1S/C12H13F4NO2/c1-19-11(18)4-5-17-7-8-2-3-10(13)9(6-8)12(14,15)16/h2-3,6,17H,4-5,7H2,1H3. The number of ether oxygens (including phenoxy) is 1. The SMILES string of the molecule is COC(=O)CCNCc1ccc(F)c(C(F)(F)F)c1. The number of benzene rings is 1. The fourth-order valence-corrected chi connectivity index (χ4v) is 1.42. The van der Waals surface area contributed by atoms with Gasteiger partial charge >= 0.3 is 12.1 Å². The fraction of sp³-hybridized carbons (Fsp3) is 0.417. The number of hydrogen-bond donors (Lipinski definition) is 1. The molecule has 19 heavy (non-hydrogen) atoms. The number of alkyl halides is 3. The summed E-state index contributed by atoms with van der Waals surface area (Å²) in [4.78, 5) is 10.8. The first-order valence-corrected chi connectivity index (χ1v) is 5.47. The Kier molecular flexibility index (Phi) is 5.29. The maximum atomic E-state index is 13.0. The maximum Gasteiger partial charge on any atom is 0.419 e. The number of halogens is 4. The molecule has 7 heteroatoms. The summed E-state index contributed by atoms with van der Waals surface area (Å²) in [7, 11) is 1.25. The Morgan fingerprint density at radius 3 is 2.63 bits per heavy atom. The summed E-state index contributed by atoms with van der Waals surface area (Å²) in [5, 5.41) is 2.77. The van der Waals surface area contributed by atoms with Gasteiger partial charge < -0.3 is 10.1 Å². The zero-order valence-corrected chi connectivity index (χ0v) is 10.2. The van der Waals surface area contributed by atoms with Crippen LogP contribution in [0.15, 0.2) is 18.2 Å². The van der Waals surface area contributed by atoms with Crippen LogP contribution < -0.4 is 5.32 Å². The topological polar surface area (TPSA) is 38.3 Å². The van der Waals surface area contributed by atoms with Crippen LogP contribution in [0.25, 0.3) is 0 Å². The molecular formula is C12H13F4NO2. The molecule has 3 nitrogen and oxygen atoms in total. The van der Waals surface area contributed by atoms with Crippen molar-refractivity contribution in [3.63, 3.8) is 0 Å². The second-order valence-corrected chi connectivity index (χ2v) is 3.81. The normalized spacial score (nSPS) is 11.4. The lowest BCUT2D eigenvalue weighted by Crippen LogP contribution is -2.19. The van der Waals surface area contributed by atoms with Crippen molar-refractivity contribution in [1.82, 2.24) is 5.32 Å². The predicted molar refractivity (Wildman–Crippen MR) is 59.7 cm³/mol. The van der Waals surface area contributed by atoms with Crippen molar-refractivity contribution in [1.29, 1.82) is 0 Å². The quantitative estimate of drug-likeness (QED) is 0.511. The smallest absolute Gasteiger partial charge is 0.419 e. The van der Waals surface area contributed by atoms with Crippen LogP contribution in [-0.4, -0.2) is 19.6 Å². The molecule has 0 aromatic heterocycles. The van der Waals surface area contributed by atoms with Gasteiger partial charge in [-0.3, -0.25) is 4.79 Å². The van der Waals surface area contributed by atoms with E-state index in [1.54, 1.807) is 0 Å². The Morgan fingerprint density at radius 1 is 1.37 bits per heavy atom. The van der Waals surface area contributed by atoms with E-state index in [1.807, 2.05) is 0 Å². The Hall–Kier alpha value is -1.63. The maximum absolute atomic E-state index is 13.0. The molecule has 0 aliphatic rings. The molecule has 0 aliphatic carbocycles. The first kappa shape index (κ1) is 15.4. The van der Waals surface area contributed by atoms with E-state index in [2.05, 4.69) is 10.1 Å². The lowest BCUT2D eigenvalue weighted by atomic mass is 10.1. The second kappa shape index (κ2) is 6.51. The molecule has 1 aromatic rings. The summed E-state index contributed by atoms with van der Waals surface area (Å²) in [5.41, 5.74) is -1.00. The van der Waals surface area contributed by atoms with E-state index in [0.717, 1.165) is 12.1 Å². The summed E-state index contributed by atoms with van der Waals surface area (Å²) >= 11 is 0. The largest absolute Gasteiger partial charge is 0.469 e. The van der Waals surface area contributed by atoms with E-state index in [9.17, 15) is 22.4 Å². The Bertz CT molecular complexity index is 446. The molecule has 0 unspecified atom stereocenters. The minimum atomic E-state index is -4.72. The number of carbonyl (C=O) groups excluding carboxylic acids is 1. The highest BCUT2D eigenvalue weighted by atomic mass is 19.4. The highest BCUT2D eigenvalue weighted by molar-refractivity contribution is 5.69. The molecule has 0 amide bonds. The van der Waals surface area contributed by atoms with Gasteiger partial charge in [-0.15, -0.1) is 0 Å². The van der Waals surface area contributed by atoms with Gasteiger partial charge in [0.25, 0.3) is 0 Å². The van der Waals surface area contributed by atoms with Crippen molar-refractivity contribution in [2.45, 2.75) is 19.1 Å². The average molecular weight is 279 g/mol. The monoisotopic (exact) mass is 279 g/mol. The number of esters is 1. The van der Waals surface area contributed by atoms with Crippen molar-refractivity contribution in [2.24, 2.45) is 0 Å². The van der Waals surface area contributed by atoms with Crippen LogP contribution in [0.2, 0.25) is 0 Å². The molecule has 0 saturated carbocycles. The third-order valence-electron chi connectivity index (χ3n) is 2.40. The molecule has 106 valence electrons. The van der Waals surface area contributed by atoms with Gasteiger partial charge in [0.2, 0.25) is 0 Å². The molecule has 0 aliphatic heterocycles. The van der Waals surface area contributed by atoms with Gasteiger partial charge in [-0.05, 0) is 17.7 Å². The molecule has 0 radical (unpaired) electrons. The summed E-state index contributed by atoms with van der Waals surface area (Å²) in [6.07, 6.45) is -4.60. The average Bonchev–Trinajstić information content (AvgIpc) is 2.34. The van der Waals surface area contributed by atoms with Gasteiger partial charge in [0.1, 0.15) is 5.82 Å². The highest BCUT2D eigenvalue weighted by Gasteiger charge is 2.34. The predicted octanol–water partition coefficient (Wildman–Crippen LogP) is 2.50. The van der Waals surface area contributed by atoms with Gasteiger partial charge in [0, 0.05) is 13.1 Å². The molecule has 0 spiro atoms. The van der Waals surface area contributed by atoms with E-state index in [4.69, 9.17) is 0 Å². The molecule has 1 rings (SSSR count). The summed E-state index contributed by atoms with van der Waals surface area (Å²) in [6.45, 7) is 0.381. The molecular weight excluding hydrogens is 266 g/mol. The van der Waals surface area contributed by atoms with Crippen molar-refractivity contribution in [3.8, 4) is 0 Å². The van der Waals surface area contributed by atoms with Gasteiger partial charge in [0.15, 0.2) is 0 Å². The number of hydrogen-bond acceptors (Lipinski definition) is 3. The third-order valence-corrected chi connectivity index (χ3v) is 2.40. The number of methoxy groups -OCH3 is 1. The van der Waals surface area contributed by atoms with E-state index < -0.39 is 23.5 Å². The van der Waals surface area contributed by atoms with E-state index in [1.165, 1.54) is 13.2 Å². The van der Waals surface area contributed by atoms with Crippen LogP contribution in [0.4, 0.5) is 17.6 Å². The Morgan fingerprint density at radius 2 is 2.05 bits per heavy atom. The lowest BCUT2D eigenvalue weighted by Gasteiger charge is -2.10. The Balaban J connectivity index is 2.58. The van der Waals surface area contributed by atoms with Crippen LogP contribution in [0.3, 0.4) is 0 Å². The minimum Gasteiger partial charge on any atom is -0.469 e. The fourth-order valence-electron chi connectivity index (χ4n) is 1.42. The van der Waals surface area contributed by atoms with Crippen LogP contribution in [0, 0.1) is 5.82 Å². The van der Waals surface area contributed by atoms with Crippen LogP contribution in [0.1, 0.15) is 17.5 Å².